The number of hydrogen-bond acceptors (Lipinski definition) is 7. The topological polar surface area (TPSA) is 115 Å². The molecule has 186 valence electrons. The molecule has 0 radical (unpaired) electrons. The van der Waals surface area contributed by atoms with E-state index in [0.29, 0.717) is 10.7 Å². The molecule has 4 aromatic heterocycles. The highest BCUT2D eigenvalue weighted by Crippen LogP contribution is 2.42. The molecule has 2 aliphatic rings. The lowest BCUT2D eigenvalue weighted by Crippen LogP contribution is -2.48. The van der Waals surface area contributed by atoms with Gasteiger partial charge in [-0.1, -0.05) is 11.8 Å². The number of carbonyl (C=O) groups excluding carboxylic acids is 1. The van der Waals surface area contributed by atoms with Gasteiger partial charge in [-0.3, -0.25) is 9.48 Å². The minimum Gasteiger partial charge on any atom is -0.396 e. The summed E-state index contributed by atoms with van der Waals surface area (Å²) in [6.45, 7) is 1.63. The maximum absolute atomic E-state index is 13.4. The fourth-order valence-corrected chi connectivity index (χ4v) is 6.74. The summed E-state index contributed by atoms with van der Waals surface area (Å²) in [6.07, 6.45) is 10.2. The van der Waals surface area contributed by atoms with Crippen LogP contribution in [-0.4, -0.2) is 59.0 Å². The second-order valence-electron chi connectivity index (χ2n) is 9.46. The van der Waals surface area contributed by atoms with Gasteiger partial charge in [0.2, 0.25) is 5.91 Å². The van der Waals surface area contributed by atoms with Crippen LogP contribution < -0.4 is 5.73 Å². The number of aliphatic hydroxyl groups excluding tert-OH is 1. The molecular weight excluding hydrogens is 481 g/mol. The van der Waals surface area contributed by atoms with Crippen molar-refractivity contribution < 1.29 is 14.3 Å². The van der Waals surface area contributed by atoms with Gasteiger partial charge in [-0.05, 0) is 50.8 Å². The Kier molecular flexibility index (Phi) is 5.68. The molecule has 2 fully saturated rings. The average Bonchev–Trinajstić information content (AvgIpc) is 3.53. The first-order valence-electron chi connectivity index (χ1n) is 12.0. The molecule has 9 nitrogen and oxygen atoms in total. The van der Waals surface area contributed by atoms with E-state index < -0.39 is 6.61 Å². The van der Waals surface area contributed by atoms with E-state index in [9.17, 15) is 14.3 Å². The lowest BCUT2D eigenvalue weighted by molar-refractivity contribution is -0.139. The second-order valence-corrected chi connectivity index (χ2v) is 10.5. The molecule has 3 atom stereocenters. The van der Waals surface area contributed by atoms with Crippen LogP contribution in [0.15, 0.2) is 52.9 Å². The molecule has 6 rings (SSSR count). The number of halogens is 1. The smallest absolute Gasteiger partial charge is 0.248 e. The van der Waals surface area contributed by atoms with Gasteiger partial charge in [-0.15, -0.1) is 0 Å². The Morgan fingerprint density at radius 3 is 2.64 bits per heavy atom. The minimum absolute atomic E-state index is 0.148. The van der Waals surface area contributed by atoms with Gasteiger partial charge in [0.05, 0.1) is 30.3 Å². The molecule has 0 aliphatic carbocycles. The maximum Gasteiger partial charge on any atom is 0.248 e. The number of rotatable bonds is 5. The largest absolute Gasteiger partial charge is 0.396 e. The lowest BCUT2D eigenvalue weighted by atomic mass is 9.97. The van der Waals surface area contributed by atoms with Crippen LogP contribution in [0.25, 0.3) is 16.6 Å². The number of aliphatic hydroxyl groups is 1. The number of piperidine rings is 1. The number of anilines is 1. The molecular formula is C25H26FN7O2S. The van der Waals surface area contributed by atoms with Crippen molar-refractivity contribution in [1.82, 2.24) is 29.3 Å². The molecule has 0 saturated carbocycles. The molecule has 2 aliphatic heterocycles. The van der Waals surface area contributed by atoms with E-state index in [4.69, 9.17) is 10.8 Å². The summed E-state index contributed by atoms with van der Waals surface area (Å²) in [6, 6.07) is 5.56. The molecule has 3 N–H and O–H groups in total. The first-order chi connectivity index (χ1) is 17.4. The van der Waals surface area contributed by atoms with Gasteiger partial charge in [-0.25, -0.2) is 13.9 Å². The summed E-state index contributed by atoms with van der Waals surface area (Å²) < 4.78 is 17.2. The number of carbonyl (C=O) groups is 1. The summed E-state index contributed by atoms with van der Waals surface area (Å²) in [4.78, 5) is 19.2. The van der Waals surface area contributed by atoms with Gasteiger partial charge in [0.15, 0.2) is 0 Å². The van der Waals surface area contributed by atoms with Gasteiger partial charge in [0, 0.05) is 40.0 Å². The SMILES string of the molecule is Cc1c(-c2cc(Sc3ccc(F)cn3)c3c(N)cnn3c2)cnn1C1CC2CC[C@H](C1)N2C(=O)CO. The predicted octanol–water partition coefficient (Wildman–Crippen LogP) is 3.46. The van der Waals surface area contributed by atoms with Crippen molar-refractivity contribution >= 4 is 28.9 Å². The van der Waals surface area contributed by atoms with Gasteiger partial charge >= 0.3 is 0 Å². The molecule has 2 saturated heterocycles. The fraction of sp³-hybridized carbons (Fsp3) is 0.360. The third-order valence-corrected chi connectivity index (χ3v) is 8.33. The molecule has 0 spiro atoms. The standard InChI is InChI=1S/C25H26FN7O2S/c1-14-20(10-30-33(14)19-7-17-3-4-18(8-19)32(17)24(35)13-34)15-6-22(25-21(27)11-29-31(25)12-15)36-23-5-2-16(26)9-28-23/h2,5-6,9-12,17-19,34H,3-4,7-8,13,27H2,1H3/t17-,18?,19?/m1/s1. The predicted molar refractivity (Wildman–Crippen MR) is 133 cm³/mol. The lowest BCUT2D eigenvalue weighted by Gasteiger charge is -2.39. The van der Waals surface area contributed by atoms with Crippen molar-refractivity contribution in [2.24, 2.45) is 0 Å². The van der Waals surface area contributed by atoms with Gasteiger partial charge in [0.1, 0.15) is 23.0 Å². The normalized spacial score (nSPS) is 21.4. The number of nitrogens with two attached hydrogens (primary N) is 1. The van der Waals surface area contributed by atoms with Gasteiger partial charge in [-0.2, -0.15) is 10.2 Å². The van der Waals surface area contributed by atoms with Crippen LogP contribution in [0.1, 0.15) is 37.4 Å². The van der Waals surface area contributed by atoms with Gasteiger partial charge < -0.3 is 15.7 Å². The monoisotopic (exact) mass is 507 g/mol. The van der Waals surface area contributed by atoms with Crippen molar-refractivity contribution in [2.45, 2.75) is 60.7 Å². The van der Waals surface area contributed by atoms with Crippen LogP contribution in [0.2, 0.25) is 0 Å². The minimum atomic E-state index is -0.434. The number of fused-ring (bicyclic) bond motifs is 3. The summed E-state index contributed by atoms with van der Waals surface area (Å²) in [5.74, 6) is -0.559. The number of aromatic nitrogens is 5. The van der Waals surface area contributed by atoms with E-state index >= 15 is 0 Å². The Balaban J connectivity index is 1.33. The van der Waals surface area contributed by atoms with Crippen molar-refractivity contribution in [2.75, 3.05) is 12.3 Å². The molecule has 2 unspecified atom stereocenters. The van der Waals surface area contributed by atoms with E-state index in [1.165, 1.54) is 24.0 Å². The Morgan fingerprint density at radius 2 is 1.94 bits per heavy atom. The molecule has 0 aromatic carbocycles. The first-order valence-corrected chi connectivity index (χ1v) is 12.8. The van der Waals surface area contributed by atoms with E-state index in [2.05, 4.69) is 21.7 Å². The van der Waals surface area contributed by atoms with Crippen LogP contribution in [-0.2, 0) is 4.79 Å². The highest BCUT2D eigenvalue weighted by molar-refractivity contribution is 7.99. The Morgan fingerprint density at radius 1 is 1.17 bits per heavy atom. The maximum atomic E-state index is 13.4. The summed E-state index contributed by atoms with van der Waals surface area (Å²) >= 11 is 1.40. The Hall–Kier alpha value is -3.44. The van der Waals surface area contributed by atoms with E-state index in [0.717, 1.165) is 52.9 Å². The number of hydrogen-bond donors (Lipinski definition) is 2. The summed E-state index contributed by atoms with van der Waals surface area (Å²) in [5, 5.41) is 19.2. The Bertz CT molecular complexity index is 1440. The molecule has 1 amide bonds. The number of amides is 1. The zero-order valence-electron chi connectivity index (χ0n) is 19.7. The number of pyridine rings is 2. The van der Waals surface area contributed by atoms with Crippen molar-refractivity contribution in [3.63, 3.8) is 0 Å². The van der Waals surface area contributed by atoms with E-state index in [1.54, 1.807) is 16.8 Å². The van der Waals surface area contributed by atoms with Crippen molar-refractivity contribution in [3.05, 3.63) is 54.5 Å². The van der Waals surface area contributed by atoms with Crippen LogP contribution in [0.5, 0.6) is 0 Å². The fourth-order valence-electron chi connectivity index (χ4n) is 5.78. The number of nitrogens with zero attached hydrogens (tertiary/aromatic N) is 6. The number of nitrogen functional groups attached to an aromatic ring is 1. The third kappa shape index (κ3) is 3.82. The van der Waals surface area contributed by atoms with E-state index in [1.807, 2.05) is 23.4 Å². The molecule has 36 heavy (non-hydrogen) atoms. The molecule has 11 heteroatoms. The van der Waals surface area contributed by atoms with Crippen LogP contribution >= 0.6 is 11.8 Å². The summed E-state index contributed by atoms with van der Waals surface area (Å²) in [7, 11) is 0. The van der Waals surface area contributed by atoms with Crippen LogP contribution in [0, 0.1) is 12.7 Å². The van der Waals surface area contributed by atoms with E-state index in [-0.39, 0.29) is 29.8 Å². The highest BCUT2D eigenvalue weighted by atomic mass is 32.2. The second kappa shape index (κ2) is 8.90. The third-order valence-electron chi connectivity index (χ3n) is 7.35. The first kappa shape index (κ1) is 23.0. The van der Waals surface area contributed by atoms with Crippen LogP contribution in [0.4, 0.5) is 10.1 Å². The Labute approximate surface area is 211 Å². The zero-order valence-corrected chi connectivity index (χ0v) is 20.5. The zero-order chi connectivity index (χ0) is 25.0. The molecule has 2 bridgehead atoms. The molecule has 4 aromatic rings. The van der Waals surface area contributed by atoms with Crippen molar-refractivity contribution in [1.29, 1.82) is 0 Å². The van der Waals surface area contributed by atoms with Gasteiger partial charge in [0.25, 0.3) is 0 Å². The average molecular weight is 508 g/mol. The quantitative estimate of drug-likeness (QED) is 0.425. The summed E-state index contributed by atoms with van der Waals surface area (Å²) in [5.41, 5.74) is 10.5. The molecule has 6 heterocycles. The highest BCUT2D eigenvalue weighted by Gasteiger charge is 2.44. The van der Waals surface area contributed by atoms with Crippen molar-refractivity contribution in [3.8, 4) is 11.1 Å². The van der Waals surface area contributed by atoms with Crippen LogP contribution in [0.3, 0.4) is 0 Å².